The molecule has 4 aliphatic rings. The minimum Gasteiger partial charge on any atom is -0.379 e. The Kier molecular flexibility index (Phi) is 24.4. The molecule has 0 spiro atoms. The van der Waals surface area contributed by atoms with Crippen molar-refractivity contribution >= 4 is 0 Å². The summed E-state index contributed by atoms with van der Waals surface area (Å²) in [7, 11) is 6.54. The summed E-state index contributed by atoms with van der Waals surface area (Å²) in [4.78, 5) is 7.12. The fourth-order valence-corrected chi connectivity index (χ4v) is 6.25. The lowest BCUT2D eigenvalue weighted by atomic mass is 9.90. The molecule has 3 aliphatic heterocycles. The maximum absolute atomic E-state index is 5.71. The molecule has 4 fully saturated rings. The van der Waals surface area contributed by atoms with Gasteiger partial charge < -0.3 is 33.6 Å². The molecule has 0 amide bonds. The molecule has 270 valence electrons. The number of ether oxygens (including phenoxy) is 4. The van der Waals surface area contributed by atoms with Crippen LogP contribution in [-0.2, 0) is 18.9 Å². The largest absolute Gasteiger partial charge is 0.379 e. The average Bonchev–Trinajstić information content (AvgIpc) is 2.99. The summed E-state index contributed by atoms with van der Waals surface area (Å²) in [5.74, 6) is 1.68. The quantitative estimate of drug-likeness (QED) is 0.242. The third-order valence-electron chi connectivity index (χ3n) is 9.15. The van der Waals surface area contributed by atoms with Crippen LogP contribution in [0.1, 0.15) is 126 Å². The van der Waals surface area contributed by atoms with Crippen molar-refractivity contribution in [2.24, 2.45) is 11.8 Å². The molecule has 0 unspecified atom stereocenters. The molecule has 4 rings (SSSR count). The Morgan fingerprint density at radius 1 is 0.422 bits per heavy atom. The standard InChI is InChI=1S/C10H21NO.C10H20O.2C9H19NO/c1-9(2)12-8-10-4-6-11(3)7-5-10;1-9(2)11-8-10-6-4-3-5-7-10;2*1-8(2)11-9-4-6-10(3)7-5-9/h9-10H,4-8H2,1-3H3;9-10H,3-8H2,1-2H3;2*8-9H,4-7H2,1-3H3. The van der Waals surface area contributed by atoms with Crippen molar-refractivity contribution in [3.05, 3.63) is 0 Å². The minimum atomic E-state index is 0.392. The van der Waals surface area contributed by atoms with Gasteiger partial charge >= 0.3 is 0 Å². The van der Waals surface area contributed by atoms with Gasteiger partial charge in [0, 0.05) is 39.4 Å². The van der Waals surface area contributed by atoms with E-state index in [2.05, 4.69) is 91.2 Å². The summed E-state index contributed by atoms with van der Waals surface area (Å²) >= 11 is 0. The molecule has 7 nitrogen and oxygen atoms in total. The summed E-state index contributed by atoms with van der Waals surface area (Å²) in [6, 6.07) is 0. The van der Waals surface area contributed by atoms with Gasteiger partial charge in [-0.05, 0) is 153 Å². The van der Waals surface area contributed by atoms with Gasteiger partial charge in [0.15, 0.2) is 0 Å². The first-order valence-electron chi connectivity index (χ1n) is 18.9. The number of hydrogen-bond donors (Lipinski definition) is 0. The summed E-state index contributed by atoms with van der Waals surface area (Å²) in [6.45, 7) is 26.1. The third kappa shape index (κ3) is 24.5. The highest BCUT2D eigenvalue weighted by Gasteiger charge is 2.19. The molecular formula is C38H79N3O4. The van der Waals surface area contributed by atoms with Crippen LogP contribution in [0.25, 0.3) is 0 Å². The van der Waals surface area contributed by atoms with E-state index in [1.54, 1.807) is 0 Å². The molecule has 0 bridgehead atoms. The Balaban J connectivity index is 0.000000300. The van der Waals surface area contributed by atoms with Gasteiger partial charge in [0.05, 0.1) is 36.6 Å². The molecule has 45 heavy (non-hydrogen) atoms. The van der Waals surface area contributed by atoms with Gasteiger partial charge in [-0.15, -0.1) is 0 Å². The third-order valence-corrected chi connectivity index (χ3v) is 9.15. The highest BCUT2D eigenvalue weighted by Crippen LogP contribution is 2.24. The average molecular weight is 642 g/mol. The van der Waals surface area contributed by atoms with E-state index >= 15 is 0 Å². The first-order chi connectivity index (χ1) is 21.3. The highest BCUT2D eigenvalue weighted by atomic mass is 16.5. The normalized spacial score (nSPS) is 22.2. The highest BCUT2D eigenvalue weighted by molar-refractivity contribution is 4.72. The van der Waals surface area contributed by atoms with Crippen LogP contribution in [0, 0.1) is 11.8 Å². The van der Waals surface area contributed by atoms with Crippen molar-refractivity contribution in [2.45, 2.75) is 163 Å². The lowest BCUT2D eigenvalue weighted by molar-refractivity contribution is -0.0234. The Bertz CT molecular complexity index is 619. The van der Waals surface area contributed by atoms with Crippen LogP contribution in [0.5, 0.6) is 0 Å². The van der Waals surface area contributed by atoms with Crippen LogP contribution in [0.15, 0.2) is 0 Å². The fraction of sp³-hybridized carbons (Fsp3) is 1.00. The zero-order chi connectivity index (χ0) is 33.6. The van der Waals surface area contributed by atoms with E-state index < -0.39 is 0 Å². The van der Waals surface area contributed by atoms with Crippen LogP contribution in [-0.4, -0.2) is 125 Å². The first-order valence-corrected chi connectivity index (χ1v) is 18.9. The van der Waals surface area contributed by atoms with Crippen molar-refractivity contribution in [3.8, 4) is 0 Å². The molecule has 0 aromatic heterocycles. The smallest absolute Gasteiger partial charge is 0.0603 e. The van der Waals surface area contributed by atoms with Crippen LogP contribution < -0.4 is 0 Å². The van der Waals surface area contributed by atoms with Crippen LogP contribution >= 0.6 is 0 Å². The number of rotatable bonds is 10. The van der Waals surface area contributed by atoms with Crippen molar-refractivity contribution in [1.29, 1.82) is 0 Å². The fourth-order valence-electron chi connectivity index (χ4n) is 6.25. The molecule has 0 aromatic carbocycles. The predicted molar refractivity (Wildman–Crippen MR) is 192 cm³/mol. The molecule has 1 aliphatic carbocycles. The monoisotopic (exact) mass is 642 g/mol. The number of nitrogens with zero attached hydrogens (tertiary/aromatic N) is 3. The zero-order valence-electron chi connectivity index (χ0n) is 32.0. The SMILES string of the molecule is CC(C)OC1CCN(C)CC1.CC(C)OC1CCN(C)CC1.CC(C)OCC1CCCCC1.CC(C)OCC1CCN(C)CC1. The number of hydrogen-bond acceptors (Lipinski definition) is 7. The van der Waals surface area contributed by atoms with Gasteiger partial charge in [-0.2, -0.15) is 0 Å². The molecule has 0 aromatic rings. The van der Waals surface area contributed by atoms with Crippen LogP contribution in [0.4, 0.5) is 0 Å². The van der Waals surface area contributed by atoms with Gasteiger partial charge in [0.2, 0.25) is 0 Å². The van der Waals surface area contributed by atoms with Gasteiger partial charge in [-0.3, -0.25) is 0 Å². The number of piperidine rings is 3. The second-order valence-corrected chi connectivity index (χ2v) is 15.4. The molecular weight excluding hydrogens is 562 g/mol. The van der Waals surface area contributed by atoms with Crippen molar-refractivity contribution < 1.29 is 18.9 Å². The molecule has 3 heterocycles. The summed E-state index contributed by atoms with van der Waals surface area (Å²) < 4.78 is 22.6. The Labute approximate surface area is 281 Å². The van der Waals surface area contributed by atoms with E-state index in [0.29, 0.717) is 36.6 Å². The lowest BCUT2D eigenvalue weighted by Gasteiger charge is -2.30. The van der Waals surface area contributed by atoms with E-state index in [0.717, 1.165) is 25.0 Å². The van der Waals surface area contributed by atoms with Crippen molar-refractivity contribution in [3.63, 3.8) is 0 Å². The maximum atomic E-state index is 5.71. The van der Waals surface area contributed by atoms with Gasteiger partial charge in [0.1, 0.15) is 0 Å². The Morgan fingerprint density at radius 2 is 0.733 bits per heavy atom. The lowest BCUT2D eigenvalue weighted by Crippen LogP contribution is -2.35. The summed E-state index contributed by atoms with van der Waals surface area (Å²) in [5, 5.41) is 0. The predicted octanol–water partition coefficient (Wildman–Crippen LogP) is 7.76. The zero-order valence-corrected chi connectivity index (χ0v) is 32.0. The Morgan fingerprint density at radius 3 is 1.04 bits per heavy atom. The Hall–Kier alpha value is -0.280. The van der Waals surface area contributed by atoms with E-state index in [4.69, 9.17) is 18.9 Å². The number of likely N-dealkylation sites (tertiary alicyclic amines) is 3. The molecule has 7 heteroatoms. The topological polar surface area (TPSA) is 46.6 Å². The van der Waals surface area contributed by atoms with Gasteiger partial charge in [-0.25, -0.2) is 0 Å². The molecule has 0 atom stereocenters. The minimum absolute atomic E-state index is 0.392. The molecule has 1 saturated carbocycles. The molecule has 0 N–H and O–H groups in total. The summed E-state index contributed by atoms with van der Waals surface area (Å²) in [5.41, 5.74) is 0. The maximum Gasteiger partial charge on any atom is 0.0603 e. The van der Waals surface area contributed by atoms with Gasteiger partial charge in [-0.1, -0.05) is 19.3 Å². The second kappa shape index (κ2) is 25.7. The van der Waals surface area contributed by atoms with E-state index in [-0.39, 0.29) is 0 Å². The summed E-state index contributed by atoms with van der Waals surface area (Å²) in [6.07, 6.45) is 17.1. The second-order valence-electron chi connectivity index (χ2n) is 15.4. The first kappa shape index (κ1) is 42.7. The van der Waals surface area contributed by atoms with Crippen molar-refractivity contribution in [2.75, 3.05) is 73.6 Å². The van der Waals surface area contributed by atoms with Crippen molar-refractivity contribution in [1.82, 2.24) is 14.7 Å². The van der Waals surface area contributed by atoms with E-state index in [1.165, 1.54) is 110 Å². The van der Waals surface area contributed by atoms with E-state index in [9.17, 15) is 0 Å². The molecule has 0 radical (unpaired) electrons. The molecule has 3 saturated heterocycles. The van der Waals surface area contributed by atoms with E-state index in [1.807, 2.05) is 0 Å². The van der Waals surface area contributed by atoms with Crippen LogP contribution in [0.2, 0.25) is 0 Å². The van der Waals surface area contributed by atoms with Gasteiger partial charge in [0.25, 0.3) is 0 Å². The van der Waals surface area contributed by atoms with Crippen LogP contribution in [0.3, 0.4) is 0 Å².